The van der Waals surface area contributed by atoms with E-state index in [4.69, 9.17) is 0 Å². The molecule has 1 N–H and O–H groups in total. The summed E-state index contributed by atoms with van der Waals surface area (Å²) in [5.41, 5.74) is -0.102. The molecule has 0 aromatic heterocycles. The maximum atomic E-state index is 12.1. The second-order valence-electron chi connectivity index (χ2n) is 6.44. The zero-order valence-corrected chi connectivity index (χ0v) is 11.7. The Balaban J connectivity index is 2.31. The lowest BCUT2D eigenvalue weighted by Gasteiger charge is -2.49. The van der Waals surface area contributed by atoms with E-state index in [0.717, 1.165) is 0 Å². The number of carbonyl (C=O) groups excluding carboxylic acids is 1. The van der Waals surface area contributed by atoms with Crippen molar-refractivity contribution in [3.63, 3.8) is 0 Å². The zero-order valence-electron chi connectivity index (χ0n) is 10.9. The van der Waals surface area contributed by atoms with Crippen LogP contribution in [0.2, 0.25) is 0 Å². The number of aliphatic carboxylic acids is 1. The average Bonchev–Trinajstić information content (AvgIpc) is 2.31. The molecule has 96 valence electrons. The van der Waals surface area contributed by atoms with Crippen molar-refractivity contribution in [1.29, 1.82) is 0 Å². The van der Waals surface area contributed by atoms with Gasteiger partial charge in [0.2, 0.25) is 5.91 Å². The second kappa shape index (κ2) is 3.40. The highest BCUT2D eigenvalue weighted by atomic mass is 32.2. The van der Waals surface area contributed by atoms with Gasteiger partial charge >= 0.3 is 5.97 Å². The van der Waals surface area contributed by atoms with E-state index in [9.17, 15) is 14.7 Å². The number of carboxylic acids is 1. The minimum absolute atomic E-state index is 0.00650. The number of hydrogen-bond donors (Lipinski definition) is 1. The van der Waals surface area contributed by atoms with Gasteiger partial charge in [-0.05, 0) is 19.3 Å². The van der Waals surface area contributed by atoms with Crippen LogP contribution >= 0.6 is 11.8 Å². The molecule has 0 spiro atoms. The highest BCUT2D eigenvalue weighted by molar-refractivity contribution is 8.01. The number of amides is 1. The van der Waals surface area contributed by atoms with E-state index in [1.165, 1.54) is 0 Å². The molecule has 2 saturated heterocycles. The van der Waals surface area contributed by atoms with E-state index < -0.39 is 16.8 Å². The van der Waals surface area contributed by atoms with Crippen molar-refractivity contribution in [2.24, 2.45) is 11.3 Å². The number of thioether (sulfide) groups is 1. The molecule has 0 bridgehead atoms. The molecule has 0 saturated carbocycles. The first-order valence-corrected chi connectivity index (χ1v) is 6.68. The van der Waals surface area contributed by atoms with Crippen LogP contribution in [0.3, 0.4) is 0 Å². The van der Waals surface area contributed by atoms with Crippen LogP contribution in [0.5, 0.6) is 0 Å². The van der Waals surface area contributed by atoms with Crippen molar-refractivity contribution < 1.29 is 14.7 Å². The summed E-state index contributed by atoms with van der Waals surface area (Å²) >= 11 is 1.62. The lowest BCUT2D eigenvalue weighted by molar-refractivity contribution is -0.168. The molecule has 17 heavy (non-hydrogen) atoms. The minimum Gasteiger partial charge on any atom is -0.480 e. The fraction of sp³-hybridized carbons (Fsp3) is 0.833. The molecule has 4 nitrogen and oxygen atoms in total. The maximum absolute atomic E-state index is 12.1. The molecule has 0 aliphatic carbocycles. The van der Waals surface area contributed by atoms with Gasteiger partial charge in [-0.15, -0.1) is 11.8 Å². The molecule has 0 aromatic carbocycles. The van der Waals surface area contributed by atoms with Crippen molar-refractivity contribution in [2.75, 3.05) is 0 Å². The summed E-state index contributed by atoms with van der Waals surface area (Å²) < 4.78 is -0.411. The van der Waals surface area contributed by atoms with Crippen molar-refractivity contribution >= 4 is 23.6 Å². The van der Waals surface area contributed by atoms with Crippen LogP contribution in [0.15, 0.2) is 0 Å². The Morgan fingerprint density at radius 1 is 1.41 bits per heavy atom. The van der Waals surface area contributed by atoms with Crippen LogP contribution in [-0.4, -0.2) is 38.0 Å². The van der Waals surface area contributed by atoms with Crippen molar-refractivity contribution in [3.05, 3.63) is 0 Å². The van der Waals surface area contributed by atoms with E-state index in [2.05, 4.69) is 0 Å². The summed E-state index contributed by atoms with van der Waals surface area (Å²) in [5.74, 6) is -0.963. The Morgan fingerprint density at radius 3 is 2.35 bits per heavy atom. The van der Waals surface area contributed by atoms with E-state index >= 15 is 0 Å². The van der Waals surface area contributed by atoms with Gasteiger partial charge in [-0.1, -0.05) is 20.8 Å². The fourth-order valence-electron chi connectivity index (χ4n) is 2.81. The predicted molar refractivity (Wildman–Crippen MR) is 66.7 cm³/mol. The predicted octanol–water partition coefficient (Wildman–Crippen LogP) is 1.80. The molecule has 0 aromatic rings. The van der Waals surface area contributed by atoms with E-state index in [1.807, 2.05) is 34.6 Å². The molecule has 2 heterocycles. The highest BCUT2D eigenvalue weighted by Gasteiger charge is 2.65. The Bertz CT molecular complexity index is 386. The van der Waals surface area contributed by atoms with Crippen LogP contribution in [0, 0.1) is 11.3 Å². The van der Waals surface area contributed by atoms with Crippen LogP contribution in [0.1, 0.15) is 34.6 Å². The molecule has 3 unspecified atom stereocenters. The van der Waals surface area contributed by atoms with Gasteiger partial charge in [0.15, 0.2) is 0 Å². The van der Waals surface area contributed by atoms with E-state index in [-0.39, 0.29) is 22.6 Å². The smallest absolute Gasteiger partial charge is 0.327 e. The molecular formula is C12H19NO3S. The summed E-state index contributed by atoms with van der Waals surface area (Å²) in [6, 6.07) is -0.691. The largest absolute Gasteiger partial charge is 0.480 e. The SMILES string of the molecule is CC(C)(C)C1C(=O)N2C1SC(C)(C)C2C(=O)O. The van der Waals surface area contributed by atoms with Crippen molar-refractivity contribution in [1.82, 2.24) is 4.90 Å². The third-order valence-corrected chi connectivity index (χ3v) is 5.18. The van der Waals surface area contributed by atoms with Crippen molar-refractivity contribution in [3.8, 4) is 0 Å². The third-order valence-electron chi connectivity index (χ3n) is 3.61. The van der Waals surface area contributed by atoms with Crippen LogP contribution in [-0.2, 0) is 9.59 Å². The number of carbonyl (C=O) groups is 2. The highest BCUT2D eigenvalue weighted by Crippen LogP contribution is 2.57. The number of β-lactam (4-membered cyclic amide) rings is 1. The first-order chi connectivity index (χ1) is 7.57. The van der Waals surface area contributed by atoms with Gasteiger partial charge in [0, 0.05) is 4.75 Å². The lowest BCUT2D eigenvalue weighted by Crippen LogP contribution is -2.65. The normalized spacial score (nSPS) is 35.5. The molecule has 1 amide bonds. The van der Waals surface area contributed by atoms with Gasteiger partial charge in [-0.3, -0.25) is 4.79 Å². The summed E-state index contributed by atoms with van der Waals surface area (Å²) in [6.45, 7) is 9.92. The molecular weight excluding hydrogens is 238 g/mol. The van der Waals surface area contributed by atoms with E-state index in [1.54, 1.807) is 16.7 Å². The van der Waals surface area contributed by atoms with Crippen LogP contribution in [0.25, 0.3) is 0 Å². The molecule has 2 rings (SSSR count). The van der Waals surface area contributed by atoms with Crippen molar-refractivity contribution in [2.45, 2.75) is 50.8 Å². The van der Waals surface area contributed by atoms with E-state index in [0.29, 0.717) is 0 Å². The Morgan fingerprint density at radius 2 is 1.94 bits per heavy atom. The average molecular weight is 257 g/mol. The zero-order chi connectivity index (χ0) is 13.2. The van der Waals surface area contributed by atoms with Gasteiger partial charge in [0.05, 0.1) is 11.3 Å². The van der Waals surface area contributed by atoms with Crippen LogP contribution in [0.4, 0.5) is 0 Å². The first-order valence-electron chi connectivity index (χ1n) is 5.80. The molecule has 2 aliphatic heterocycles. The number of carboxylic acid groups (broad SMARTS) is 1. The monoisotopic (exact) mass is 257 g/mol. The van der Waals surface area contributed by atoms with Gasteiger partial charge in [-0.25, -0.2) is 4.79 Å². The molecule has 2 aliphatic rings. The quantitative estimate of drug-likeness (QED) is 0.728. The number of rotatable bonds is 1. The number of nitrogens with zero attached hydrogens (tertiary/aromatic N) is 1. The van der Waals surface area contributed by atoms with Gasteiger partial charge in [0.1, 0.15) is 6.04 Å². The summed E-state index contributed by atoms with van der Waals surface area (Å²) in [7, 11) is 0. The molecule has 2 fully saturated rings. The summed E-state index contributed by atoms with van der Waals surface area (Å²) in [6.07, 6.45) is 0. The standard InChI is InChI=1S/C12H19NO3S/c1-11(2,3)6-8(14)13-7(10(15)16)12(4,5)17-9(6)13/h6-7,9H,1-5H3,(H,15,16). The first kappa shape index (κ1) is 12.7. The molecule has 0 radical (unpaired) electrons. The fourth-order valence-corrected chi connectivity index (χ4v) is 4.78. The third kappa shape index (κ3) is 1.66. The molecule has 3 atom stereocenters. The minimum atomic E-state index is -0.897. The van der Waals surface area contributed by atoms with Gasteiger partial charge < -0.3 is 10.0 Å². The Kier molecular flexibility index (Phi) is 2.55. The number of hydrogen-bond acceptors (Lipinski definition) is 3. The van der Waals surface area contributed by atoms with Gasteiger partial charge in [-0.2, -0.15) is 0 Å². The Hall–Kier alpha value is -0.710. The van der Waals surface area contributed by atoms with Gasteiger partial charge in [0.25, 0.3) is 0 Å². The Labute approximate surface area is 106 Å². The van der Waals surface area contributed by atoms with Crippen LogP contribution < -0.4 is 0 Å². The maximum Gasteiger partial charge on any atom is 0.327 e. The lowest BCUT2D eigenvalue weighted by atomic mass is 9.74. The second-order valence-corrected chi connectivity index (χ2v) is 8.21. The molecule has 5 heteroatoms. The summed E-state index contributed by atoms with van der Waals surface area (Å²) in [4.78, 5) is 25.0. The number of fused-ring (bicyclic) bond motifs is 1. The topological polar surface area (TPSA) is 57.6 Å². The summed E-state index contributed by atoms with van der Waals surface area (Å²) in [5, 5.41) is 9.30.